The molecule has 2 atom stereocenters. The van der Waals surface area contributed by atoms with Gasteiger partial charge < -0.3 is 80.3 Å². The molecule has 120 heavy (non-hydrogen) atoms. The van der Waals surface area contributed by atoms with E-state index in [9.17, 15) is 52.3 Å². The molecule has 0 radical (unpaired) electrons. The highest BCUT2D eigenvalue weighted by atomic mass is 31.2. The van der Waals surface area contributed by atoms with Crippen molar-refractivity contribution < 1.29 is 108 Å². The molecule has 6 rings (SSSR count). The summed E-state index contributed by atoms with van der Waals surface area (Å²) in [5, 5.41) is 23.2. The van der Waals surface area contributed by atoms with E-state index in [4.69, 9.17) is 62.3 Å². The molecule has 6 heterocycles. The minimum atomic E-state index is -3.91. The number of nitrogens with zero attached hydrogens (tertiary/aromatic N) is 8. The molecule has 6 aromatic rings. The second kappa shape index (κ2) is 48.7. The number of carbonyl (C=O) groups excluding carboxylic acids is 7. The van der Waals surface area contributed by atoms with Gasteiger partial charge in [0.25, 0.3) is 0 Å². The number of nitrogens with two attached hydrogens (primary N) is 1. The molecule has 0 bridgehead atoms. The van der Waals surface area contributed by atoms with E-state index in [-0.39, 0.29) is 106 Å². The number of aliphatic hydroxyl groups is 1. The van der Waals surface area contributed by atoms with Crippen molar-refractivity contribution in [3.63, 3.8) is 0 Å². The third-order valence-electron chi connectivity index (χ3n) is 18.3. The summed E-state index contributed by atoms with van der Waals surface area (Å²) in [5.74, 6) is -4.33. The zero-order valence-electron chi connectivity index (χ0n) is 73.6. The van der Waals surface area contributed by atoms with Gasteiger partial charge in [0.15, 0.2) is 64.7 Å². The van der Waals surface area contributed by atoms with Crippen molar-refractivity contribution in [1.82, 2.24) is 59.4 Å². The SMILES string of the molecule is CCCCCCOC(=O)C(C)(C)NP(=O)(CO[C@H](C)Cn1cnc2c(N)ncnc21)NC(C)(C)C(=O)OCCCCCC.CCCCCCOC(=O)C(C)(C)NP(=O)(CO[C@H](C)Cn1cnc2c(NC(=O)OCC(C)(C)C(=O)OCc3oc(=O)oc3C)ncnc21)NC(C)(C)C(=O)OCCCCCC.Cc1oc(=O)oc1COC(=O)C(C)(C)CO. The zero-order chi connectivity index (χ0) is 89.9. The lowest BCUT2D eigenvalue weighted by atomic mass is 9.95. The topological polar surface area (TPSA) is 517 Å². The van der Waals surface area contributed by atoms with Gasteiger partial charge in [0.1, 0.15) is 59.6 Å². The molecular formula is C79H130N14O25P2. The number of aliphatic hydroxyl groups excluding tert-OH is 1. The van der Waals surface area contributed by atoms with Crippen LogP contribution in [-0.2, 0) is 107 Å². The number of unbranched alkanes of at least 4 members (excludes halogenated alkanes) is 12. The normalized spacial score (nSPS) is 12.8. The number of rotatable bonds is 52. The molecule has 0 aromatic carbocycles. The molecule has 676 valence electrons. The Morgan fingerprint density at radius 2 is 0.800 bits per heavy atom. The summed E-state index contributed by atoms with van der Waals surface area (Å²) in [5.41, 5.74) is -0.303. The molecule has 1 amide bonds. The minimum Gasteiger partial charge on any atom is -0.464 e. The Labute approximate surface area is 700 Å². The van der Waals surface area contributed by atoms with Crippen molar-refractivity contribution in [2.24, 2.45) is 10.8 Å². The van der Waals surface area contributed by atoms with Crippen LogP contribution in [0.4, 0.5) is 16.4 Å². The Hall–Kier alpha value is -8.81. The number of aromatic nitrogens is 8. The summed E-state index contributed by atoms with van der Waals surface area (Å²) in [7, 11) is -7.68. The molecule has 41 heteroatoms. The average Bonchev–Trinajstić information content (AvgIpc) is 0.876. The summed E-state index contributed by atoms with van der Waals surface area (Å²) >= 11 is 0. The molecule has 8 N–H and O–H groups in total. The summed E-state index contributed by atoms with van der Waals surface area (Å²) in [6, 6.07) is 0. The van der Waals surface area contributed by atoms with Crippen molar-refractivity contribution in [1.29, 1.82) is 0 Å². The van der Waals surface area contributed by atoms with Crippen molar-refractivity contribution >= 4 is 90.8 Å². The minimum absolute atomic E-state index is 0.0324. The van der Waals surface area contributed by atoms with E-state index < -0.39 is 120 Å². The number of fused-ring (bicyclic) bond motifs is 2. The molecule has 0 fully saturated rings. The number of hydrogen-bond donors (Lipinski definition) is 7. The maximum absolute atomic E-state index is 14.7. The Morgan fingerprint density at radius 3 is 1.14 bits per heavy atom. The van der Waals surface area contributed by atoms with Gasteiger partial charge in [0.2, 0.25) is 14.9 Å². The Morgan fingerprint density at radius 1 is 0.458 bits per heavy atom. The number of nitrogens with one attached hydrogen (secondary N) is 5. The highest BCUT2D eigenvalue weighted by molar-refractivity contribution is 7.60. The maximum Gasteiger partial charge on any atom is 0.519 e. The van der Waals surface area contributed by atoms with Crippen molar-refractivity contribution in [3.8, 4) is 0 Å². The molecule has 0 aliphatic heterocycles. The van der Waals surface area contributed by atoms with Gasteiger partial charge >= 0.3 is 53.6 Å². The van der Waals surface area contributed by atoms with Gasteiger partial charge in [-0.15, -0.1) is 0 Å². The number of imidazole rings is 2. The molecule has 39 nitrogen and oxygen atoms in total. The first-order valence-corrected chi connectivity index (χ1v) is 44.5. The van der Waals surface area contributed by atoms with Gasteiger partial charge in [0, 0.05) is 0 Å². The number of ether oxygens (including phenoxy) is 9. The van der Waals surface area contributed by atoms with E-state index in [1.165, 1.54) is 46.7 Å². The van der Waals surface area contributed by atoms with Crippen LogP contribution in [0.3, 0.4) is 0 Å². The monoisotopic (exact) mass is 1740 g/mol. The number of amides is 1. The smallest absolute Gasteiger partial charge is 0.464 e. The van der Waals surface area contributed by atoms with Gasteiger partial charge in [0.05, 0.1) is 81.8 Å². The zero-order valence-corrected chi connectivity index (χ0v) is 75.3. The Bertz CT molecular complexity index is 4380. The molecule has 0 saturated heterocycles. The highest BCUT2D eigenvalue weighted by Crippen LogP contribution is 2.44. The fraction of sp³-hybridized carbons (Fsp3) is 0.709. The fourth-order valence-corrected chi connectivity index (χ4v) is 16.4. The lowest BCUT2D eigenvalue weighted by Gasteiger charge is -2.35. The Kier molecular flexibility index (Phi) is 42.0. The quantitative estimate of drug-likeness (QED) is 0.00807. The molecular weight excluding hydrogens is 1610 g/mol. The summed E-state index contributed by atoms with van der Waals surface area (Å²) < 4.78 is 101. The number of nitrogen functional groups attached to an aromatic ring is 1. The van der Waals surface area contributed by atoms with Crippen LogP contribution in [0, 0.1) is 24.7 Å². The summed E-state index contributed by atoms with van der Waals surface area (Å²) in [4.78, 5) is 137. The highest BCUT2D eigenvalue weighted by Gasteiger charge is 2.46. The van der Waals surface area contributed by atoms with Crippen LogP contribution in [0.15, 0.2) is 52.6 Å². The fourth-order valence-electron chi connectivity index (χ4n) is 11.1. The summed E-state index contributed by atoms with van der Waals surface area (Å²) in [6.07, 6.45) is 17.9. The third-order valence-corrected chi connectivity index (χ3v) is 23.0. The number of carbonyl (C=O) groups is 7. The molecule has 0 saturated carbocycles. The van der Waals surface area contributed by atoms with E-state index >= 15 is 0 Å². The van der Waals surface area contributed by atoms with Crippen molar-refractivity contribution in [3.05, 3.63) is 69.6 Å². The van der Waals surface area contributed by atoms with Gasteiger partial charge in [-0.05, 0) is 136 Å². The standard InChI is InChI=1S/C40H64N7O13P.C29H52N7O6P.C10H14O6/c1-11-13-15-17-19-54-34(49)39(7,8)45-61(53,46-40(9,10)35(50)55-20-18-16-14-12-2)26-58-27(3)21-47-25-43-30-31(41-24-42-32(30)47)44-36(51)57-23-38(5,6)33(48)56-22-29-28(4)59-37(52)60-29;1-8-10-12-14-16-40-26(37)28(4,5)34-43(39,35-29(6,7)27(38)41-17-15-13-11-9-2)21-42-22(3)18-36-20-33-23-24(30)31-19-32-25(23)36;1-6-7(16-9(13)15-6)4-14-8(12)10(2,3)5-11/h24-25,27H,11-23,26H2,1-10H3,(H2,45,46,53)(H,41,42,44,51);19-20,22H,8-18,21H2,1-7H3,(H2,30,31,32)(H2,34,35,39);11H,4-5H2,1-3H3/t27-;22-;/m11./s1. The molecule has 0 unspecified atom stereocenters. The molecule has 0 aliphatic carbocycles. The van der Waals surface area contributed by atoms with Crippen LogP contribution in [0.1, 0.15) is 250 Å². The maximum atomic E-state index is 14.7. The van der Waals surface area contributed by atoms with Gasteiger partial charge in [-0.2, -0.15) is 0 Å². The second-order valence-corrected chi connectivity index (χ2v) is 37.1. The number of anilines is 2. The largest absolute Gasteiger partial charge is 0.519 e. The van der Waals surface area contributed by atoms with Gasteiger partial charge in [-0.3, -0.25) is 43.2 Å². The second-order valence-electron chi connectivity index (χ2n) is 32.7. The number of hydrogen-bond acceptors (Lipinski definition) is 32. The third kappa shape index (κ3) is 34.6. The van der Waals surface area contributed by atoms with Crippen LogP contribution in [-0.4, -0.2) is 173 Å². The van der Waals surface area contributed by atoms with E-state index in [1.54, 1.807) is 91.6 Å². The van der Waals surface area contributed by atoms with Crippen molar-refractivity contribution in [2.75, 3.05) is 63.4 Å². The first kappa shape index (κ1) is 104. The predicted octanol–water partition coefficient (Wildman–Crippen LogP) is 12.1. The first-order chi connectivity index (χ1) is 56.2. The van der Waals surface area contributed by atoms with Crippen LogP contribution in [0.5, 0.6) is 0 Å². The van der Waals surface area contributed by atoms with Gasteiger partial charge in [-0.25, -0.2) is 64.6 Å². The van der Waals surface area contributed by atoms with Crippen LogP contribution < -0.4 is 43.0 Å². The lowest BCUT2D eigenvalue weighted by molar-refractivity contribution is -0.158. The summed E-state index contributed by atoms with van der Waals surface area (Å²) in [6.45, 7) is 34.0. The van der Waals surface area contributed by atoms with E-state index in [0.29, 0.717) is 36.2 Å². The van der Waals surface area contributed by atoms with Gasteiger partial charge in [-0.1, -0.05) is 105 Å². The van der Waals surface area contributed by atoms with Crippen molar-refractivity contribution in [2.45, 2.75) is 302 Å². The lowest BCUT2D eigenvalue weighted by Crippen LogP contribution is -2.54. The first-order valence-electron chi connectivity index (χ1n) is 40.7. The van der Waals surface area contributed by atoms with Crippen LogP contribution in [0.25, 0.3) is 22.3 Å². The van der Waals surface area contributed by atoms with E-state index in [0.717, 1.165) is 89.9 Å². The predicted molar refractivity (Wildman–Crippen MR) is 444 cm³/mol. The van der Waals surface area contributed by atoms with E-state index in [2.05, 4.69) is 92.1 Å². The molecule has 0 aliphatic rings. The van der Waals surface area contributed by atoms with Crippen LogP contribution >= 0.6 is 14.9 Å². The molecule has 0 spiro atoms. The Balaban J connectivity index is 0.000000441. The molecule has 6 aromatic heterocycles. The van der Waals surface area contributed by atoms with E-state index in [1.807, 2.05) is 6.92 Å². The number of aryl methyl sites for hydroxylation is 2. The van der Waals surface area contributed by atoms with Crippen LogP contribution in [0.2, 0.25) is 0 Å². The number of esters is 6. The average molecular weight is 1740 g/mol.